The molecule has 0 radical (unpaired) electrons. The Bertz CT molecular complexity index is 906. The molecule has 4 rings (SSSR count). The van der Waals surface area contributed by atoms with Gasteiger partial charge in [0.15, 0.2) is 0 Å². The van der Waals surface area contributed by atoms with Gasteiger partial charge in [-0.05, 0) is 53.8 Å². The van der Waals surface area contributed by atoms with Crippen molar-refractivity contribution in [3.05, 3.63) is 89.7 Å². The Hall–Kier alpha value is -2.94. The maximum absolute atomic E-state index is 12.9. The first-order valence-corrected chi connectivity index (χ1v) is 9.07. The van der Waals surface area contributed by atoms with Gasteiger partial charge < -0.3 is 4.90 Å². The standard InChI is InChI=1S/C23H22N2O/c1-17-14-19(9-10-22(17)18-6-3-2-4-7-18)23(26)25-13-11-21(16-25)20-8-5-12-24-15-20/h2-10,12,14-15,21H,11,13,16H2,1H3. The summed E-state index contributed by atoms with van der Waals surface area (Å²) in [6, 6.07) is 20.4. The highest BCUT2D eigenvalue weighted by Crippen LogP contribution is 2.29. The SMILES string of the molecule is Cc1cc(C(=O)N2CCC(c3cccnc3)C2)ccc1-c1ccccc1. The molecule has 0 N–H and O–H groups in total. The lowest BCUT2D eigenvalue weighted by Gasteiger charge is -2.18. The highest BCUT2D eigenvalue weighted by Gasteiger charge is 2.28. The van der Waals surface area contributed by atoms with E-state index in [1.54, 1.807) is 6.20 Å². The minimum absolute atomic E-state index is 0.124. The van der Waals surface area contributed by atoms with Gasteiger partial charge in [0.2, 0.25) is 0 Å². The van der Waals surface area contributed by atoms with Crippen molar-refractivity contribution in [3.8, 4) is 11.1 Å². The Morgan fingerprint density at radius 3 is 2.65 bits per heavy atom. The second kappa shape index (κ2) is 7.12. The van der Waals surface area contributed by atoms with Gasteiger partial charge in [-0.1, -0.05) is 42.5 Å². The molecule has 2 aromatic carbocycles. The summed E-state index contributed by atoms with van der Waals surface area (Å²) < 4.78 is 0. The lowest BCUT2D eigenvalue weighted by Crippen LogP contribution is -2.28. The maximum atomic E-state index is 12.9. The summed E-state index contributed by atoms with van der Waals surface area (Å²) in [6.07, 6.45) is 4.70. The first-order valence-electron chi connectivity index (χ1n) is 9.07. The van der Waals surface area contributed by atoms with E-state index in [2.05, 4.69) is 36.2 Å². The van der Waals surface area contributed by atoms with Crippen LogP contribution in [0.5, 0.6) is 0 Å². The van der Waals surface area contributed by atoms with Crippen molar-refractivity contribution in [1.29, 1.82) is 0 Å². The van der Waals surface area contributed by atoms with Gasteiger partial charge in [-0.15, -0.1) is 0 Å². The third kappa shape index (κ3) is 3.25. The van der Waals surface area contributed by atoms with E-state index in [0.717, 1.165) is 30.6 Å². The molecule has 3 nitrogen and oxygen atoms in total. The average Bonchev–Trinajstić information content (AvgIpc) is 3.19. The molecule has 26 heavy (non-hydrogen) atoms. The Morgan fingerprint density at radius 1 is 1.08 bits per heavy atom. The van der Waals surface area contributed by atoms with Crippen LogP contribution in [0, 0.1) is 6.92 Å². The first kappa shape index (κ1) is 16.5. The normalized spacial score (nSPS) is 16.7. The predicted octanol–water partition coefficient (Wildman–Crippen LogP) is 4.69. The molecule has 1 aliphatic rings. The van der Waals surface area contributed by atoms with E-state index in [-0.39, 0.29) is 5.91 Å². The van der Waals surface area contributed by atoms with Crippen molar-refractivity contribution in [3.63, 3.8) is 0 Å². The summed E-state index contributed by atoms with van der Waals surface area (Å²) >= 11 is 0. The van der Waals surface area contributed by atoms with Crippen molar-refractivity contribution in [2.24, 2.45) is 0 Å². The zero-order valence-corrected chi connectivity index (χ0v) is 14.9. The number of pyridine rings is 1. The molecule has 1 saturated heterocycles. The van der Waals surface area contributed by atoms with Crippen LogP contribution in [0.1, 0.15) is 33.8 Å². The third-order valence-electron chi connectivity index (χ3n) is 5.19. The molecule has 1 amide bonds. The van der Waals surface area contributed by atoms with E-state index in [1.165, 1.54) is 16.7 Å². The quantitative estimate of drug-likeness (QED) is 0.692. The van der Waals surface area contributed by atoms with E-state index in [0.29, 0.717) is 5.92 Å². The molecule has 0 aliphatic carbocycles. The van der Waals surface area contributed by atoms with Gasteiger partial charge in [0.25, 0.3) is 5.91 Å². The van der Waals surface area contributed by atoms with Crippen LogP contribution in [0.15, 0.2) is 73.1 Å². The number of aryl methyl sites for hydroxylation is 1. The molecular formula is C23H22N2O. The smallest absolute Gasteiger partial charge is 0.253 e. The van der Waals surface area contributed by atoms with E-state index in [4.69, 9.17) is 0 Å². The lowest BCUT2D eigenvalue weighted by atomic mass is 9.98. The highest BCUT2D eigenvalue weighted by molar-refractivity contribution is 5.95. The molecule has 1 fully saturated rings. The number of aromatic nitrogens is 1. The van der Waals surface area contributed by atoms with Gasteiger partial charge in [0, 0.05) is 37.0 Å². The fraction of sp³-hybridized carbons (Fsp3) is 0.217. The summed E-state index contributed by atoms with van der Waals surface area (Å²) in [5.41, 5.74) is 5.48. The van der Waals surface area contributed by atoms with Crippen molar-refractivity contribution >= 4 is 5.91 Å². The number of benzene rings is 2. The minimum atomic E-state index is 0.124. The summed E-state index contributed by atoms with van der Waals surface area (Å²) in [5, 5.41) is 0. The summed E-state index contributed by atoms with van der Waals surface area (Å²) in [5.74, 6) is 0.511. The average molecular weight is 342 g/mol. The van der Waals surface area contributed by atoms with E-state index >= 15 is 0 Å². The molecule has 3 aromatic rings. The van der Waals surface area contributed by atoms with E-state index in [9.17, 15) is 4.79 Å². The molecule has 0 bridgehead atoms. The first-order chi connectivity index (χ1) is 12.7. The monoisotopic (exact) mass is 342 g/mol. The van der Waals surface area contributed by atoms with Gasteiger partial charge in [0.05, 0.1) is 0 Å². The highest BCUT2D eigenvalue weighted by atomic mass is 16.2. The maximum Gasteiger partial charge on any atom is 0.253 e. The Kier molecular flexibility index (Phi) is 4.53. The number of nitrogens with zero attached hydrogens (tertiary/aromatic N) is 2. The molecule has 130 valence electrons. The molecule has 0 saturated carbocycles. The van der Waals surface area contributed by atoms with Crippen molar-refractivity contribution < 1.29 is 4.79 Å². The summed E-state index contributed by atoms with van der Waals surface area (Å²) in [6.45, 7) is 3.64. The van der Waals surface area contributed by atoms with Crippen LogP contribution in [0.25, 0.3) is 11.1 Å². The Labute approximate surface area is 154 Å². The van der Waals surface area contributed by atoms with Crippen LogP contribution in [0.3, 0.4) is 0 Å². The Balaban J connectivity index is 1.51. The van der Waals surface area contributed by atoms with Crippen LogP contribution < -0.4 is 0 Å². The topological polar surface area (TPSA) is 33.2 Å². The van der Waals surface area contributed by atoms with Crippen molar-refractivity contribution in [2.45, 2.75) is 19.3 Å². The Morgan fingerprint density at radius 2 is 1.92 bits per heavy atom. The molecule has 3 heteroatoms. The van der Waals surface area contributed by atoms with E-state index < -0.39 is 0 Å². The van der Waals surface area contributed by atoms with Gasteiger partial charge in [0.1, 0.15) is 0 Å². The number of hydrogen-bond acceptors (Lipinski definition) is 2. The summed E-state index contributed by atoms with van der Waals surface area (Å²) in [7, 11) is 0. The van der Waals surface area contributed by atoms with Gasteiger partial charge in [-0.25, -0.2) is 0 Å². The third-order valence-corrected chi connectivity index (χ3v) is 5.19. The molecule has 1 aliphatic heterocycles. The number of likely N-dealkylation sites (tertiary alicyclic amines) is 1. The molecule has 2 heterocycles. The zero-order valence-electron chi connectivity index (χ0n) is 14.9. The van der Waals surface area contributed by atoms with Gasteiger partial charge in [-0.3, -0.25) is 9.78 Å². The van der Waals surface area contributed by atoms with Crippen LogP contribution >= 0.6 is 0 Å². The van der Waals surface area contributed by atoms with Crippen LogP contribution in [-0.4, -0.2) is 28.9 Å². The largest absolute Gasteiger partial charge is 0.338 e. The number of rotatable bonds is 3. The number of carbonyl (C=O) groups excluding carboxylic acids is 1. The van der Waals surface area contributed by atoms with Crippen LogP contribution in [0.4, 0.5) is 0 Å². The van der Waals surface area contributed by atoms with Crippen molar-refractivity contribution in [2.75, 3.05) is 13.1 Å². The molecule has 0 spiro atoms. The van der Waals surface area contributed by atoms with E-state index in [1.807, 2.05) is 47.5 Å². The zero-order chi connectivity index (χ0) is 17.9. The second-order valence-corrected chi connectivity index (χ2v) is 6.92. The number of hydrogen-bond donors (Lipinski definition) is 0. The molecule has 1 atom stereocenters. The number of carbonyl (C=O) groups is 1. The molecular weight excluding hydrogens is 320 g/mol. The fourth-order valence-electron chi connectivity index (χ4n) is 3.76. The predicted molar refractivity (Wildman–Crippen MR) is 104 cm³/mol. The second-order valence-electron chi connectivity index (χ2n) is 6.92. The lowest BCUT2D eigenvalue weighted by molar-refractivity contribution is 0.0790. The van der Waals surface area contributed by atoms with Crippen LogP contribution in [-0.2, 0) is 0 Å². The van der Waals surface area contributed by atoms with Gasteiger partial charge in [-0.2, -0.15) is 0 Å². The fourth-order valence-corrected chi connectivity index (χ4v) is 3.76. The van der Waals surface area contributed by atoms with Gasteiger partial charge >= 0.3 is 0 Å². The molecule has 1 unspecified atom stereocenters. The van der Waals surface area contributed by atoms with Crippen LogP contribution in [0.2, 0.25) is 0 Å². The minimum Gasteiger partial charge on any atom is -0.338 e. The van der Waals surface area contributed by atoms with Crippen molar-refractivity contribution in [1.82, 2.24) is 9.88 Å². The molecule has 1 aromatic heterocycles. The summed E-state index contributed by atoms with van der Waals surface area (Å²) in [4.78, 5) is 19.1. The number of amides is 1.